The van der Waals surface area contributed by atoms with E-state index in [1.54, 1.807) is 43.3 Å². The Bertz CT molecular complexity index is 842. The second-order valence-electron chi connectivity index (χ2n) is 5.26. The van der Waals surface area contributed by atoms with E-state index in [4.69, 9.17) is 21.6 Å². The zero-order chi connectivity index (χ0) is 18.4. The lowest BCUT2D eigenvalue weighted by molar-refractivity contribution is -0.123. The van der Waals surface area contributed by atoms with Crippen molar-refractivity contribution in [3.05, 3.63) is 52.5 Å². The van der Waals surface area contributed by atoms with Gasteiger partial charge in [0.1, 0.15) is 12.2 Å². The Morgan fingerprint density at radius 2 is 1.80 bits per heavy atom. The van der Waals surface area contributed by atoms with Crippen molar-refractivity contribution < 1.29 is 14.3 Å². The van der Waals surface area contributed by atoms with Crippen LogP contribution in [0.5, 0.6) is 5.75 Å². The highest BCUT2D eigenvalue weighted by molar-refractivity contribution is 6.31. The molecule has 0 aliphatic rings. The van der Waals surface area contributed by atoms with Crippen molar-refractivity contribution in [3.63, 3.8) is 0 Å². The first-order valence-electron chi connectivity index (χ1n) is 7.37. The minimum Gasteiger partial charge on any atom is -0.495 e. The molecule has 6 nitrogen and oxygen atoms in total. The molecule has 0 saturated carbocycles. The van der Waals surface area contributed by atoms with Crippen LogP contribution in [-0.4, -0.2) is 18.9 Å². The summed E-state index contributed by atoms with van der Waals surface area (Å²) in [7, 11) is 1.47. The number of amides is 2. The van der Waals surface area contributed by atoms with Crippen LogP contribution in [0.25, 0.3) is 0 Å². The third kappa shape index (κ3) is 4.96. The van der Waals surface area contributed by atoms with Gasteiger partial charge in [-0.25, -0.2) is 0 Å². The summed E-state index contributed by atoms with van der Waals surface area (Å²) >= 11 is 6.02. The number of carbonyl (C=O) groups is 2. The number of methoxy groups -OCH3 is 1. The predicted molar refractivity (Wildman–Crippen MR) is 95.8 cm³/mol. The minimum atomic E-state index is -0.480. The monoisotopic (exact) mass is 357 g/mol. The summed E-state index contributed by atoms with van der Waals surface area (Å²) in [6.45, 7) is 1.80. The molecule has 128 valence electrons. The van der Waals surface area contributed by atoms with E-state index in [-0.39, 0.29) is 6.42 Å². The largest absolute Gasteiger partial charge is 0.495 e. The van der Waals surface area contributed by atoms with Crippen LogP contribution >= 0.6 is 11.6 Å². The van der Waals surface area contributed by atoms with Gasteiger partial charge in [-0.15, -0.1) is 0 Å². The van der Waals surface area contributed by atoms with E-state index in [0.29, 0.717) is 27.7 Å². The highest BCUT2D eigenvalue weighted by Crippen LogP contribution is 2.31. The molecular formula is C18H16ClN3O3. The standard InChI is InChI=1S/C18H16ClN3O3/c1-11-7-15(16(25-2)8-14(11)19)22-18(24)9-17(23)21-13-5-3-12(10-20)4-6-13/h3-8H,9H2,1-2H3,(H,21,23)(H,22,24). The van der Waals surface area contributed by atoms with Gasteiger partial charge in [0, 0.05) is 16.8 Å². The molecule has 0 saturated heterocycles. The molecule has 2 aromatic rings. The Morgan fingerprint density at radius 3 is 2.40 bits per heavy atom. The van der Waals surface area contributed by atoms with Crippen LogP contribution in [0.2, 0.25) is 5.02 Å². The summed E-state index contributed by atoms with van der Waals surface area (Å²) in [5, 5.41) is 14.5. The van der Waals surface area contributed by atoms with Gasteiger partial charge in [-0.3, -0.25) is 9.59 Å². The van der Waals surface area contributed by atoms with Gasteiger partial charge in [-0.2, -0.15) is 5.26 Å². The number of halogens is 1. The van der Waals surface area contributed by atoms with Crippen molar-refractivity contribution in [2.75, 3.05) is 17.7 Å². The molecule has 0 unspecified atom stereocenters. The quantitative estimate of drug-likeness (QED) is 0.801. The second kappa shape index (κ2) is 8.18. The molecule has 0 aliphatic heterocycles. The Kier molecular flexibility index (Phi) is 5.98. The van der Waals surface area contributed by atoms with Crippen molar-refractivity contribution in [3.8, 4) is 11.8 Å². The molecule has 2 aromatic carbocycles. The van der Waals surface area contributed by atoms with Gasteiger partial charge >= 0.3 is 0 Å². The van der Waals surface area contributed by atoms with Crippen molar-refractivity contribution in [1.82, 2.24) is 0 Å². The zero-order valence-electron chi connectivity index (χ0n) is 13.7. The van der Waals surface area contributed by atoms with Crippen molar-refractivity contribution >= 4 is 34.8 Å². The maximum absolute atomic E-state index is 12.1. The lowest BCUT2D eigenvalue weighted by atomic mass is 10.2. The van der Waals surface area contributed by atoms with Gasteiger partial charge in [0.15, 0.2) is 0 Å². The van der Waals surface area contributed by atoms with E-state index in [2.05, 4.69) is 10.6 Å². The maximum Gasteiger partial charge on any atom is 0.233 e. The summed E-state index contributed by atoms with van der Waals surface area (Å²) in [5.41, 5.74) is 2.22. The number of anilines is 2. The molecule has 7 heteroatoms. The lowest BCUT2D eigenvalue weighted by Crippen LogP contribution is -2.21. The fourth-order valence-corrected chi connectivity index (χ4v) is 2.26. The molecule has 0 fully saturated rings. The zero-order valence-corrected chi connectivity index (χ0v) is 14.5. The molecule has 0 heterocycles. The summed E-state index contributed by atoms with van der Waals surface area (Å²) in [6.07, 6.45) is -0.356. The Hall–Kier alpha value is -3.04. The fraction of sp³-hybridized carbons (Fsp3) is 0.167. The van der Waals surface area contributed by atoms with Gasteiger partial charge in [-0.1, -0.05) is 11.6 Å². The van der Waals surface area contributed by atoms with E-state index in [9.17, 15) is 9.59 Å². The Labute approximate surface area is 150 Å². The van der Waals surface area contributed by atoms with Crippen LogP contribution in [0.4, 0.5) is 11.4 Å². The third-order valence-corrected chi connectivity index (χ3v) is 3.78. The summed E-state index contributed by atoms with van der Waals surface area (Å²) in [6, 6.07) is 11.6. The highest BCUT2D eigenvalue weighted by atomic mass is 35.5. The average molecular weight is 358 g/mol. The van der Waals surface area contributed by atoms with E-state index in [1.165, 1.54) is 7.11 Å². The maximum atomic E-state index is 12.1. The number of aryl methyl sites for hydroxylation is 1. The van der Waals surface area contributed by atoms with Crippen LogP contribution in [0.1, 0.15) is 17.5 Å². The van der Waals surface area contributed by atoms with Crippen LogP contribution in [-0.2, 0) is 9.59 Å². The van der Waals surface area contributed by atoms with E-state index in [0.717, 1.165) is 5.56 Å². The Morgan fingerprint density at radius 1 is 1.16 bits per heavy atom. The average Bonchev–Trinajstić information content (AvgIpc) is 2.58. The van der Waals surface area contributed by atoms with Gasteiger partial charge < -0.3 is 15.4 Å². The molecular weight excluding hydrogens is 342 g/mol. The first-order valence-corrected chi connectivity index (χ1v) is 7.74. The highest BCUT2D eigenvalue weighted by Gasteiger charge is 2.14. The fourth-order valence-electron chi connectivity index (χ4n) is 2.10. The van der Waals surface area contributed by atoms with Crippen molar-refractivity contribution in [1.29, 1.82) is 5.26 Å². The topological polar surface area (TPSA) is 91.2 Å². The summed E-state index contributed by atoms with van der Waals surface area (Å²) in [4.78, 5) is 24.0. The van der Waals surface area contributed by atoms with Crippen LogP contribution in [0.3, 0.4) is 0 Å². The van der Waals surface area contributed by atoms with E-state index < -0.39 is 11.8 Å². The number of nitrogens with zero attached hydrogens (tertiary/aromatic N) is 1. The molecule has 0 atom stereocenters. The predicted octanol–water partition coefficient (Wildman–Crippen LogP) is 3.50. The molecule has 0 aromatic heterocycles. The number of hydrogen-bond acceptors (Lipinski definition) is 4. The number of hydrogen-bond donors (Lipinski definition) is 2. The number of nitrogens with one attached hydrogen (secondary N) is 2. The van der Waals surface area contributed by atoms with Gasteiger partial charge in [0.05, 0.1) is 24.4 Å². The number of nitriles is 1. The van der Waals surface area contributed by atoms with Gasteiger partial charge in [-0.05, 0) is 42.8 Å². The molecule has 0 bridgehead atoms. The van der Waals surface area contributed by atoms with Crippen LogP contribution in [0, 0.1) is 18.3 Å². The molecule has 2 amide bonds. The number of rotatable bonds is 5. The first-order chi connectivity index (χ1) is 11.9. The SMILES string of the molecule is COc1cc(Cl)c(C)cc1NC(=O)CC(=O)Nc1ccc(C#N)cc1. The summed E-state index contributed by atoms with van der Waals surface area (Å²) in [5.74, 6) is -0.533. The molecule has 0 radical (unpaired) electrons. The molecule has 2 N–H and O–H groups in total. The Balaban J connectivity index is 1.98. The van der Waals surface area contributed by atoms with Crippen molar-refractivity contribution in [2.45, 2.75) is 13.3 Å². The second-order valence-corrected chi connectivity index (χ2v) is 5.67. The number of benzene rings is 2. The summed E-state index contributed by atoms with van der Waals surface area (Å²) < 4.78 is 5.18. The lowest BCUT2D eigenvalue weighted by Gasteiger charge is -2.12. The van der Waals surface area contributed by atoms with Gasteiger partial charge in [0.25, 0.3) is 0 Å². The van der Waals surface area contributed by atoms with E-state index in [1.807, 2.05) is 6.07 Å². The molecule has 25 heavy (non-hydrogen) atoms. The third-order valence-electron chi connectivity index (χ3n) is 3.37. The number of ether oxygens (including phenoxy) is 1. The van der Waals surface area contributed by atoms with Crippen LogP contribution in [0.15, 0.2) is 36.4 Å². The van der Waals surface area contributed by atoms with Gasteiger partial charge in [0.2, 0.25) is 11.8 Å². The van der Waals surface area contributed by atoms with Crippen LogP contribution < -0.4 is 15.4 Å². The minimum absolute atomic E-state index is 0.356. The smallest absolute Gasteiger partial charge is 0.233 e. The normalized spacial score (nSPS) is 9.84. The molecule has 0 aliphatic carbocycles. The number of carbonyl (C=O) groups excluding carboxylic acids is 2. The molecule has 0 spiro atoms. The first kappa shape index (κ1) is 18.3. The molecule has 2 rings (SSSR count). The van der Waals surface area contributed by atoms with Crippen molar-refractivity contribution in [2.24, 2.45) is 0 Å². The van der Waals surface area contributed by atoms with E-state index >= 15 is 0 Å².